The Morgan fingerprint density at radius 1 is 1.27 bits per heavy atom. The Morgan fingerprint density at radius 3 is 3.00 bits per heavy atom. The van der Waals surface area contributed by atoms with E-state index in [1.54, 1.807) is 0 Å². The molecule has 0 heterocycles. The van der Waals surface area contributed by atoms with E-state index in [-0.39, 0.29) is 0 Å². The van der Waals surface area contributed by atoms with E-state index in [1.807, 2.05) is 0 Å². The van der Waals surface area contributed by atoms with Crippen LogP contribution in [0.2, 0.25) is 0 Å². The van der Waals surface area contributed by atoms with Crippen molar-refractivity contribution in [2.45, 2.75) is 31.7 Å². The third-order valence-corrected chi connectivity index (χ3v) is 3.11. The quantitative estimate of drug-likeness (QED) is 0.721. The van der Waals surface area contributed by atoms with Crippen molar-refractivity contribution in [2.75, 3.05) is 13.2 Å². The molecule has 0 aliphatic heterocycles. The lowest BCUT2D eigenvalue weighted by Crippen LogP contribution is -2.20. The van der Waals surface area contributed by atoms with Gasteiger partial charge in [-0.15, -0.1) is 0 Å². The molecule has 0 fully saturated rings. The SMILES string of the molecule is OCCCCNC1CCc2ccccc21. The molecular weight excluding hydrogens is 186 g/mol. The van der Waals surface area contributed by atoms with Gasteiger partial charge in [0.2, 0.25) is 0 Å². The highest BCUT2D eigenvalue weighted by molar-refractivity contribution is 5.34. The molecule has 1 atom stereocenters. The van der Waals surface area contributed by atoms with Crippen LogP contribution in [0, 0.1) is 0 Å². The number of hydrogen-bond acceptors (Lipinski definition) is 2. The zero-order valence-corrected chi connectivity index (χ0v) is 9.08. The lowest BCUT2D eigenvalue weighted by atomic mass is 10.1. The first kappa shape index (κ1) is 10.7. The van der Waals surface area contributed by atoms with E-state index in [0.29, 0.717) is 12.6 Å². The minimum absolute atomic E-state index is 0.308. The molecular formula is C13H19NO. The van der Waals surface area contributed by atoms with Gasteiger partial charge in [0.15, 0.2) is 0 Å². The van der Waals surface area contributed by atoms with Gasteiger partial charge in [-0.25, -0.2) is 0 Å². The average molecular weight is 205 g/mol. The molecule has 2 heteroatoms. The van der Waals surface area contributed by atoms with E-state index in [9.17, 15) is 0 Å². The lowest BCUT2D eigenvalue weighted by molar-refractivity contribution is 0.282. The molecule has 0 saturated heterocycles. The van der Waals surface area contributed by atoms with E-state index < -0.39 is 0 Å². The molecule has 0 spiro atoms. The first-order valence-electron chi connectivity index (χ1n) is 5.84. The number of benzene rings is 1. The van der Waals surface area contributed by atoms with Crippen LogP contribution < -0.4 is 5.32 Å². The zero-order valence-electron chi connectivity index (χ0n) is 9.08. The fourth-order valence-corrected chi connectivity index (χ4v) is 2.28. The normalized spacial score (nSPS) is 19.1. The van der Waals surface area contributed by atoms with Crippen molar-refractivity contribution in [3.63, 3.8) is 0 Å². The highest BCUT2D eigenvalue weighted by atomic mass is 16.2. The summed E-state index contributed by atoms with van der Waals surface area (Å²) < 4.78 is 0. The van der Waals surface area contributed by atoms with E-state index in [2.05, 4.69) is 29.6 Å². The van der Waals surface area contributed by atoms with Crippen molar-refractivity contribution in [1.29, 1.82) is 0 Å². The molecule has 2 nitrogen and oxygen atoms in total. The summed E-state index contributed by atoms with van der Waals surface area (Å²) in [6, 6.07) is 9.23. The first-order chi connectivity index (χ1) is 7.42. The molecule has 2 rings (SSSR count). The molecule has 1 aliphatic rings. The summed E-state index contributed by atoms with van der Waals surface area (Å²) in [6.07, 6.45) is 4.39. The topological polar surface area (TPSA) is 32.3 Å². The number of unbranched alkanes of at least 4 members (excludes halogenated alkanes) is 1. The summed E-state index contributed by atoms with van der Waals surface area (Å²) in [6.45, 7) is 1.32. The molecule has 0 saturated carbocycles. The van der Waals surface area contributed by atoms with Gasteiger partial charge in [-0.2, -0.15) is 0 Å². The molecule has 0 amide bonds. The molecule has 1 unspecified atom stereocenters. The highest BCUT2D eigenvalue weighted by Crippen LogP contribution is 2.30. The van der Waals surface area contributed by atoms with Gasteiger partial charge in [-0.1, -0.05) is 24.3 Å². The van der Waals surface area contributed by atoms with Gasteiger partial charge in [0.05, 0.1) is 0 Å². The molecule has 0 bridgehead atoms. The number of aliphatic hydroxyl groups is 1. The summed E-state index contributed by atoms with van der Waals surface area (Å²) in [5.74, 6) is 0. The summed E-state index contributed by atoms with van der Waals surface area (Å²) >= 11 is 0. The smallest absolute Gasteiger partial charge is 0.0431 e. The van der Waals surface area contributed by atoms with E-state index >= 15 is 0 Å². The predicted octanol–water partition coefficient (Wildman–Crippen LogP) is 2.04. The molecule has 0 aromatic heterocycles. The van der Waals surface area contributed by atoms with Crippen LogP contribution in [0.4, 0.5) is 0 Å². The molecule has 15 heavy (non-hydrogen) atoms. The Hall–Kier alpha value is -0.860. The molecule has 82 valence electrons. The van der Waals surface area contributed by atoms with Crippen molar-refractivity contribution < 1.29 is 5.11 Å². The second-order valence-electron chi connectivity index (χ2n) is 4.17. The maximum absolute atomic E-state index is 8.69. The maximum Gasteiger partial charge on any atom is 0.0431 e. The monoisotopic (exact) mass is 205 g/mol. The fraction of sp³-hybridized carbons (Fsp3) is 0.538. The maximum atomic E-state index is 8.69. The Labute approximate surface area is 91.3 Å². The van der Waals surface area contributed by atoms with Crippen LogP contribution in [-0.4, -0.2) is 18.3 Å². The van der Waals surface area contributed by atoms with Gasteiger partial charge < -0.3 is 10.4 Å². The summed E-state index contributed by atoms with van der Waals surface area (Å²) in [7, 11) is 0. The second-order valence-corrected chi connectivity index (χ2v) is 4.17. The minimum atomic E-state index is 0.308. The van der Waals surface area contributed by atoms with Crippen molar-refractivity contribution in [3.8, 4) is 0 Å². The Kier molecular flexibility index (Phi) is 3.75. The van der Waals surface area contributed by atoms with Crippen LogP contribution in [0.3, 0.4) is 0 Å². The van der Waals surface area contributed by atoms with Crippen molar-refractivity contribution in [1.82, 2.24) is 5.32 Å². The van der Waals surface area contributed by atoms with E-state index in [4.69, 9.17) is 5.11 Å². The van der Waals surface area contributed by atoms with Crippen LogP contribution in [0.25, 0.3) is 0 Å². The van der Waals surface area contributed by atoms with E-state index in [0.717, 1.165) is 19.4 Å². The van der Waals surface area contributed by atoms with Crippen molar-refractivity contribution in [2.24, 2.45) is 0 Å². The van der Waals surface area contributed by atoms with Gasteiger partial charge in [0.1, 0.15) is 0 Å². The Balaban J connectivity index is 1.85. The molecule has 0 radical (unpaired) electrons. The molecule has 1 aromatic carbocycles. The minimum Gasteiger partial charge on any atom is -0.396 e. The number of hydrogen-bond donors (Lipinski definition) is 2. The Bertz CT molecular complexity index is 311. The number of nitrogens with one attached hydrogen (secondary N) is 1. The first-order valence-corrected chi connectivity index (χ1v) is 5.84. The lowest BCUT2D eigenvalue weighted by Gasteiger charge is -2.13. The van der Waals surface area contributed by atoms with Crippen LogP contribution in [-0.2, 0) is 6.42 Å². The summed E-state index contributed by atoms with van der Waals surface area (Å²) in [5, 5.41) is 12.2. The van der Waals surface area contributed by atoms with Crippen molar-refractivity contribution in [3.05, 3.63) is 35.4 Å². The summed E-state index contributed by atoms with van der Waals surface area (Å²) in [5.41, 5.74) is 2.97. The number of rotatable bonds is 5. The zero-order chi connectivity index (χ0) is 10.5. The second kappa shape index (κ2) is 5.29. The van der Waals surface area contributed by atoms with Gasteiger partial charge in [0, 0.05) is 12.6 Å². The highest BCUT2D eigenvalue weighted by Gasteiger charge is 2.20. The third-order valence-electron chi connectivity index (χ3n) is 3.11. The van der Waals surface area contributed by atoms with Crippen LogP contribution in [0.15, 0.2) is 24.3 Å². The van der Waals surface area contributed by atoms with Gasteiger partial charge >= 0.3 is 0 Å². The average Bonchev–Trinajstić information content (AvgIpc) is 2.68. The predicted molar refractivity (Wildman–Crippen MR) is 61.8 cm³/mol. The van der Waals surface area contributed by atoms with Gasteiger partial charge in [-0.05, 0) is 43.4 Å². The third kappa shape index (κ3) is 2.58. The van der Waals surface area contributed by atoms with Crippen LogP contribution in [0.5, 0.6) is 0 Å². The Morgan fingerprint density at radius 2 is 2.13 bits per heavy atom. The standard InChI is InChI=1S/C13H19NO/c15-10-4-3-9-14-13-8-7-11-5-1-2-6-12(11)13/h1-2,5-6,13-15H,3-4,7-10H2. The summed E-state index contributed by atoms with van der Waals surface area (Å²) in [4.78, 5) is 0. The number of aliphatic hydroxyl groups excluding tert-OH is 1. The molecule has 1 aromatic rings. The van der Waals surface area contributed by atoms with Crippen LogP contribution >= 0.6 is 0 Å². The van der Waals surface area contributed by atoms with E-state index in [1.165, 1.54) is 24.0 Å². The number of aryl methyl sites for hydroxylation is 1. The van der Waals surface area contributed by atoms with Crippen molar-refractivity contribution >= 4 is 0 Å². The van der Waals surface area contributed by atoms with Gasteiger partial charge in [0.25, 0.3) is 0 Å². The molecule has 1 aliphatic carbocycles. The fourth-order valence-electron chi connectivity index (χ4n) is 2.28. The van der Waals surface area contributed by atoms with Gasteiger partial charge in [-0.3, -0.25) is 0 Å². The number of fused-ring (bicyclic) bond motifs is 1. The van der Waals surface area contributed by atoms with Crippen LogP contribution in [0.1, 0.15) is 36.4 Å². The molecule has 2 N–H and O–H groups in total. The largest absolute Gasteiger partial charge is 0.396 e.